The summed E-state index contributed by atoms with van der Waals surface area (Å²) in [5.41, 5.74) is 1.75. The van der Waals surface area contributed by atoms with E-state index in [1.165, 1.54) is 0 Å². The number of benzene rings is 1. The smallest absolute Gasteiger partial charge is 1.00 e. The number of hydrogen-bond acceptors (Lipinski definition) is 1. The summed E-state index contributed by atoms with van der Waals surface area (Å²) in [5.74, 6) is 0. The van der Waals surface area contributed by atoms with Crippen LogP contribution in [-0.4, -0.2) is 23.1 Å². The molecule has 0 saturated carbocycles. The van der Waals surface area contributed by atoms with Crippen LogP contribution in [0.1, 0.15) is 11.1 Å². The Labute approximate surface area is 93.3 Å². The van der Waals surface area contributed by atoms with Crippen molar-refractivity contribution in [3.05, 3.63) is 35.4 Å². The number of nitriles is 1. The Morgan fingerprint density at radius 3 is 2.45 bits per heavy atom. The maximum absolute atomic E-state index is 8.39. The minimum absolute atomic E-state index is 0. The van der Waals surface area contributed by atoms with Gasteiger partial charge in [-0.2, -0.15) is 29.8 Å². The van der Waals surface area contributed by atoms with Gasteiger partial charge in [0.25, 0.3) is 0 Å². The first kappa shape index (κ1) is 13.5. The molecule has 0 N–H and O–H groups in total. The maximum atomic E-state index is 8.39. The summed E-state index contributed by atoms with van der Waals surface area (Å²) < 4.78 is 0. The largest absolute Gasteiger partial charge is 2.00 e. The maximum Gasteiger partial charge on any atom is 2.00 e. The van der Waals surface area contributed by atoms with E-state index >= 15 is 0 Å². The predicted octanol–water partition coefficient (Wildman–Crippen LogP) is -1.71. The van der Waals surface area contributed by atoms with Crippen LogP contribution in [0.3, 0.4) is 0 Å². The Kier molecular flexibility index (Phi) is 8.19. The van der Waals surface area contributed by atoms with Crippen molar-refractivity contribution >= 4 is 23.1 Å². The van der Waals surface area contributed by atoms with Gasteiger partial charge in [0.2, 0.25) is 0 Å². The molecule has 0 spiro atoms. The normalized spacial score (nSPS) is 6.91. The number of rotatable bonds is 0. The van der Waals surface area contributed by atoms with Crippen LogP contribution in [0.4, 0.5) is 0 Å². The van der Waals surface area contributed by atoms with E-state index in [4.69, 9.17) is 5.26 Å². The van der Waals surface area contributed by atoms with Crippen LogP contribution < -0.4 is 17.0 Å². The summed E-state index contributed by atoms with van der Waals surface area (Å²) in [6.07, 6.45) is 0. The van der Waals surface area contributed by atoms with Crippen LogP contribution in [0.5, 0.6) is 0 Å². The second-order valence-corrected chi connectivity index (χ2v) is 1.91. The molecule has 0 amide bonds. The summed E-state index contributed by atoms with van der Waals surface area (Å²) in [6, 6.07) is 10.2. The minimum atomic E-state index is 0. The minimum Gasteiger partial charge on any atom is -1.00 e. The Morgan fingerprint density at radius 2 is 2.09 bits per heavy atom. The van der Waals surface area contributed by atoms with Crippen molar-refractivity contribution in [1.29, 1.82) is 5.26 Å². The molecule has 11 heavy (non-hydrogen) atoms. The van der Waals surface area contributed by atoms with Crippen LogP contribution in [0, 0.1) is 24.3 Å². The Hall–Kier alpha value is -0.0438. The topological polar surface area (TPSA) is 23.8 Å². The van der Waals surface area contributed by atoms with E-state index in [-0.39, 0.29) is 40.0 Å². The summed E-state index contributed by atoms with van der Waals surface area (Å²) >= 11 is 0. The van der Waals surface area contributed by atoms with Gasteiger partial charge < -0.3 is 17.0 Å². The summed E-state index contributed by atoms with van der Waals surface area (Å²) in [4.78, 5) is 0. The van der Waals surface area contributed by atoms with Gasteiger partial charge >= 0.3 is 23.1 Å². The number of aryl methyl sites for hydroxylation is 1. The number of hydrogen-bond donors (Lipinski definition) is 0. The quantitative estimate of drug-likeness (QED) is 0.377. The van der Waals surface area contributed by atoms with E-state index in [1.54, 1.807) is 6.07 Å². The molecular weight excluding hydrogens is 214 g/mol. The third kappa shape index (κ3) is 4.41. The molecule has 1 nitrogen and oxygen atoms in total. The molecule has 0 radical (unpaired) electrons. The van der Waals surface area contributed by atoms with E-state index in [2.05, 4.69) is 6.07 Å². The zero-order valence-electron chi connectivity index (χ0n) is 6.26. The molecule has 1 rings (SSSR count). The van der Waals surface area contributed by atoms with Crippen molar-refractivity contribution in [3.8, 4) is 6.07 Å². The van der Waals surface area contributed by atoms with Gasteiger partial charge in [-0.1, -0.05) is 12.5 Å². The van der Waals surface area contributed by atoms with Gasteiger partial charge in [0, 0.05) is 6.07 Å². The van der Waals surface area contributed by atoms with Crippen LogP contribution in [0.15, 0.2) is 18.2 Å². The summed E-state index contributed by atoms with van der Waals surface area (Å²) in [5, 5.41) is 8.39. The third-order valence-corrected chi connectivity index (χ3v) is 1.06. The molecule has 0 unspecified atom stereocenters. The van der Waals surface area contributed by atoms with Crippen LogP contribution in [-0.2, 0) is 0 Å². The molecular formula is C8H6BrMgN. The van der Waals surface area contributed by atoms with E-state index < -0.39 is 0 Å². The first-order valence-corrected chi connectivity index (χ1v) is 2.71. The Morgan fingerprint density at radius 1 is 1.45 bits per heavy atom. The van der Waals surface area contributed by atoms with E-state index in [1.807, 2.05) is 25.1 Å². The van der Waals surface area contributed by atoms with Gasteiger partial charge in [-0.25, -0.2) is 5.26 Å². The van der Waals surface area contributed by atoms with Gasteiger partial charge in [0.05, 0.1) is 0 Å². The fourth-order valence-electron chi connectivity index (χ4n) is 0.656. The van der Waals surface area contributed by atoms with Crippen molar-refractivity contribution in [2.45, 2.75) is 6.92 Å². The first-order valence-electron chi connectivity index (χ1n) is 2.71. The van der Waals surface area contributed by atoms with Gasteiger partial charge in [0.15, 0.2) is 0 Å². The average molecular weight is 220 g/mol. The van der Waals surface area contributed by atoms with Crippen molar-refractivity contribution in [1.82, 2.24) is 0 Å². The van der Waals surface area contributed by atoms with Crippen LogP contribution in [0.25, 0.3) is 0 Å². The van der Waals surface area contributed by atoms with Gasteiger partial charge in [-0.3, -0.25) is 0 Å². The zero-order valence-corrected chi connectivity index (χ0v) is 9.26. The summed E-state index contributed by atoms with van der Waals surface area (Å²) in [7, 11) is 0. The molecule has 0 aliphatic carbocycles. The molecule has 3 heteroatoms. The van der Waals surface area contributed by atoms with Gasteiger partial charge in [-0.15, -0.1) is 0 Å². The van der Waals surface area contributed by atoms with Crippen molar-refractivity contribution in [2.75, 3.05) is 0 Å². The molecule has 0 heterocycles. The Balaban J connectivity index is 0. The molecule has 0 saturated heterocycles. The molecule has 1 aromatic rings. The molecule has 0 bridgehead atoms. The van der Waals surface area contributed by atoms with Crippen molar-refractivity contribution < 1.29 is 17.0 Å². The van der Waals surface area contributed by atoms with Crippen LogP contribution >= 0.6 is 0 Å². The van der Waals surface area contributed by atoms with E-state index in [0.717, 1.165) is 5.56 Å². The summed E-state index contributed by atoms with van der Waals surface area (Å²) in [6.45, 7) is 1.94. The fraction of sp³-hybridized carbons (Fsp3) is 0.125. The van der Waals surface area contributed by atoms with Gasteiger partial charge in [0.1, 0.15) is 0 Å². The monoisotopic (exact) mass is 219 g/mol. The average Bonchev–Trinajstić information content (AvgIpc) is 1.88. The van der Waals surface area contributed by atoms with Gasteiger partial charge in [-0.05, 0) is 0 Å². The van der Waals surface area contributed by atoms with Crippen molar-refractivity contribution in [2.24, 2.45) is 0 Å². The van der Waals surface area contributed by atoms with Crippen LogP contribution in [0.2, 0.25) is 0 Å². The SMILES string of the molecule is Cc1c[c-]cc(C#N)c1.[Br-].[Mg+2]. The number of nitrogens with zero attached hydrogens (tertiary/aromatic N) is 1. The Bertz CT molecular complexity index is 255. The molecule has 52 valence electrons. The first-order chi connectivity index (χ1) is 4.33. The number of halogens is 1. The molecule has 0 fully saturated rings. The molecule has 1 aromatic carbocycles. The second-order valence-electron chi connectivity index (χ2n) is 1.91. The van der Waals surface area contributed by atoms with E-state index in [0.29, 0.717) is 5.56 Å². The van der Waals surface area contributed by atoms with E-state index in [9.17, 15) is 0 Å². The molecule has 0 atom stereocenters. The predicted molar refractivity (Wildman–Crippen MR) is 40.5 cm³/mol. The third-order valence-electron chi connectivity index (χ3n) is 1.06. The molecule has 0 aromatic heterocycles. The second kappa shape index (κ2) is 6.65. The molecule has 0 aliphatic rings. The fourth-order valence-corrected chi connectivity index (χ4v) is 0.656. The van der Waals surface area contributed by atoms with Crippen molar-refractivity contribution in [3.63, 3.8) is 0 Å². The standard InChI is InChI=1S/C8H6N.BrH.Mg/c1-7-3-2-4-8(5-7)6-9;;/h3-5H,1H3;1H;/q-1;;+2/p-1. The zero-order chi connectivity index (χ0) is 6.69. The molecule has 0 aliphatic heterocycles.